The SMILES string of the molecule is CCc1ccccc1OC(C)(C)CC(=O)O. The first-order valence-electron chi connectivity index (χ1n) is 5.43. The number of hydrogen-bond acceptors (Lipinski definition) is 2. The first-order chi connectivity index (χ1) is 7.44. The minimum Gasteiger partial charge on any atom is -0.487 e. The van der Waals surface area contributed by atoms with E-state index in [0.29, 0.717) is 0 Å². The van der Waals surface area contributed by atoms with Crippen molar-refractivity contribution in [3.05, 3.63) is 29.8 Å². The highest BCUT2D eigenvalue weighted by Crippen LogP contribution is 2.25. The number of ether oxygens (including phenoxy) is 1. The van der Waals surface area contributed by atoms with Crippen molar-refractivity contribution >= 4 is 5.97 Å². The third kappa shape index (κ3) is 3.57. The van der Waals surface area contributed by atoms with E-state index in [0.717, 1.165) is 17.7 Å². The Kier molecular flexibility index (Phi) is 3.93. The van der Waals surface area contributed by atoms with Gasteiger partial charge < -0.3 is 9.84 Å². The Morgan fingerprint density at radius 3 is 2.56 bits per heavy atom. The molecule has 88 valence electrons. The van der Waals surface area contributed by atoms with Crippen LogP contribution >= 0.6 is 0 Å². The van der Waals surface area contributed by atoms with Crippen LogP contribution in [0.5, 0.6) is 5.75 Å². The van der Waals surface area contributed by atoms with Crippen LogP contribution in [0.1, 0.15) is 32.8 Å². The van der Waals surface area contributed by atoms with Gasteiger partial charge in [0.1, 0.15) is 11.4 Å². The van der Waals surface area contributed by atoms with Crippen molar-refractivity contribution < 1.29 is 14.6 Å². The monoisotopic (exact) mass is 222 g/mol. The van der Waals surface area contributed by atoms with Gasteiger partial charge in [0.25, 0.3) is 0 Å². The van der Waals surface area contributed by atoms with Crippen LogP contribution in [-0.4, -0.2) is 16.7 Å². The summed E-state index contributed by atoms with van der Waals surface area (Å²) in [5, 5.41) is 8.77. The van der Waals surface area contributed by atoms with Crippen molar-refractivity contribution in [2.75, 3.05) is 0 Å². The van der Waals surface area contributed by atoms with Gasteiger partial charge in [-0.3, -0.25) is 4.79 Å². The summed E-state index contributed by atoms with van der Waals surface area (Å²) in [6, 6.07) is 7.72. The van der Waals surface area contributed by atoms with Gasteiger partial charge in [-0.15, -0.1) is 0 Å². The van der Waals surface area contributed by atoms with Crippen LogP contribution in [0.3, 0.4) is 0 Å². The van der Waals surface area contributed by atoms with Crippen molar-refractivity contribution in [1.29, 1.82) is 0 Å². The highest BCUT2D eigenvalue weighted by atomic mass is 16.5. The van der Waals surface area contributed by atoms with Crippen molar-refractivity contribution in [1.82, 2.24) is 0 Å². The zero-order valence-electron chi connectivity index (χ0n) is 9.99. The molecular weight excluding hydrogens is 204 g/mol. The molecular formula is C13H18O3. The molecule has 3 nitrogen and oxygen atoms in total. The smallest absolute Gasteiger partial charge is 0.307 e. The fraction of sp³-hybridized carbons (Fsp3) is 0.462. The Morgan fingerprint density at radius 1 is 1.38 bits per heavy atom. The molecule has 0 spiro atoms. The Labute approximate surface area is 96.1 Å². The van der Waals surface area contributed by atoms with E-state index < -0.39 is 11.6 Å². The standard InChI is InChI=1S/C13H18O3/c1-4-10-7-5-6-8-11(10)16-13(2,3)9-12(14)15/h5-8H,4,9H2,1-3H3,(H,14,15). The lowest BCUT2D eigenvalue weighted by atomic mass is 10.0. The summed E-state index contributed by atoms with van der Waals surface area (Å²) in [4.78, 5) is 10.7. The molecule has 0 unspecified atom stereocenters. The minimum absolute atomic E-state index is 0.00888. The van der Waals surface area contributed by atoms with Crippen molar-refractivity contribution in [3.8, 4) is 5.75 Å². The zero-order chi connectivity index (χ0) is 12.2. The number of carbonyl (C=O) groups is 1. The highest BCUT2D eigenvalue weighted by molar-refractivity contribution is 5.68. The van der Waals surface area contributed by atoms with Crippen LogP contribution in [0.4, 0.5) is 0 Å². The molecule has 1 N–H and O–H groups in total. The average Bonchev–Trinajstić information content (AvgIpc) is 2.15. The third-order valence-electron chi connectivity index (χ3n) is 2.32. The van der Waals surface area contributed by atoms with Crippen LogP contribution in [0.15, 0.2) is 24.3 Å². The maximum Gasteiger partial charge on any atom is 0.307 e. The van der Waals surface area contributed by atoms with Gasteiger partial charge in [-0.05, 0) is 31.9 Å². The number of hydrogen-bond donors (Lipinski definition) is 1. The molecule has 0 aliphatic rings. The Balaban J connectivity index is 2.82. The maximum absolute atomic E-state index is 10.7. The molecule has 0 heterocycles. The van der Waals surface area contributed by atoms with Gasteiger partial charge in [0.05, 0.1) is 6.42 Å². The van der Waals surface area contributed by atoms with E-state index in [1.54, 1.807) is 13.8 Å². The second kappa shape index (κ2) is 5.01. The average molecular weight is 222 g/mol. The lowest BCUT2D eigenvalue weighted by molar-refractivity contribution is -0.140. The number of benzene rings is 1. The van der Waals surface area contributed by atoms with E-state index >= 15 is 0 Å². The van der Waals surface area contributed by atoms with E-state index in [-0.39, 0.29) is 6.42 Å². The lowest BCUT2D eigenvalue weighted by Crippen LogP contribution is -2.31. The summed E-state index contributed by atoms with van der Waals surface area (Å²) in [5.41, 5.74) is 0.415. The molecule has 1 aromatic rings. The third-order valence-corrected chi connectivity index (χ3v) is 2.32. The summed E-state index contributed by atoms with van der Waals surface area (Å²) in [6.07, 6.45) is 0.865. The van der Waals surface area contributed by atoms with Crippen LogP contribution < -0.4 is 4.74 Å². The van der Waals surface area contributed by atoms with Gasteiger partial charge in [0.15, 0.2) is 0 Å². The van der Waals surface area contributed by atoms with E-state index in [9.17, 15) is 4.79 Å². The van der Waals surface area contributed by atoms with Crippen LogP contribution in [-0.2, 0) is 11.2 Å². The molecule has 0 amide bonds. The number of aliphatic carboxylic acids is 1. The first kappa shape index (κ1) is 12.6. The second-order valence-corrected chi connectivity index (χ2v) is 4.39. The molecule has 0 aliphatic heterocycles. The maximum atomic E-state index is 10.7. The lowest BCUT2D eigenvalue weighted by Gasteiger charge is -2.26. The molecule has 0 fully saturated rings. The van der Waals surface area contributed by atoms with Crippen LogP contribution in [0, 0.1) is 0 Å². The highest BCUT2D eigenvalue weighted by Gasteiger charge is 2.24. The fourth-order valence-corrected chi connectivity index (χ4v) is 1.59. The normalized spacial score (nSPS) is 11.2. The summed E-state index contributed by atoms with van der Waals surface area (Å²) >= 11 is 0. The van der Waals surface area contributed by atoms with E-state index in [4.69, 9.17) is 9.84 Å². The summed E-state index contributed by atoms with van der Waals surface area (Å²) < 4.78 is 5.75. The zero-order valence-corrected chi connectivity index (χ0v) is 9.99. The minimum atomic E-state index is -0.848. The van der Waals surface area contributed by atoms with E-state index in [2.05, 4.69) is 0 Å². The summed E-state index contributed by atoms with van der Waals surface area (Å²) in [7, 11) is 0. The van der Waals surface area contributed by atoms with Crippen LogP contribution in [0.2, 0.25) is 0 Å². The molecule has 1 rings (SSSR count). The largest absolute Gasteiger partial charge is 0.487 e. The predicted molar refractivity (Wildman–Crippen MR) is 62.8 cm³/mol. The molecule has 0 aliphatic carbocycles. The van der Waals surface area contributed by atoms with E-state index in [1.165, 1.54) is 0 Å². The van der Waals surface area contributed by atoms with Gasteiger partial charge in [-0.2, -0.15) is 0 Å². The van der Waals surface area contributed by atoms with Gasteiger partial charge >= 0.3 is 5.97 Å². The molecule has 0 atom stereocenters. The Bertz CT molecular complexity index is 369. The molecule has 1 aromatic carbocycles. The Hall–Kier alpha value is -1.51. The molecule has 0 aromatic heterocycles. The quantitative estimate of drug-likeness (QED) is 0.833. The molecule has 3 heteroatoms. The Morgan fingerprint density at radius 2 is 2.00 bits per heavy atom. The number of carboxylic acid groups (broad SMARTS) is 1. The number of rotatable bonds is 5. The second-order valence-electron chi connectivity index (χ2n) is 4.39. The molecule has 0 saturated carbocycles. The summed E-state index contributed by atoms with van der Waals surface area (Å²) in [6.45, 7) is 5.62. The topological polar surface area (TPSA) is 46.5 Å². The molecule has 0 radical (unpaired) electrons. The number of para-hydroxylation sites is 1. The van der Waals surface area contributed by atoms with Crippen molar-refractivity contribution in [3.63, 3.8) is 0 Å². The van der Waals surface area contributed by atoms with Gasteiger partial charge in [-0.1, -0.05) is 25.1 Å². The molecule has 0 bridgehead atoms. The number of aryl methyl sites for hydroxylation is 1. The fourth-order valence-electron chi connectivity index (χ4n) is 1.59. The molecule has 16 heavy (non-hydrogen) atoms. The van der Waals surface area contributed by atoms with Crippen molar-refractivity contribution in [2.45, 2.75) is 39.2 Å². The van der Waals surface area contributed by atoms with E-state index in [1.807, 2.05) is 31.2 Å². The van der Waals surface area contributed by atoms with Gasteiger partial charge in [-0.25, -0.2) is 0 Å². The van der Waals surface area contributed by atoms with Crippen molar-refractivity contribution in [2.24, 2.45) is 0 Å². The van der Waals surface area contributed by atoms with Gasteiger partial charge in [0, 0.05) is 0 Å². The number of carboxylic acids is 1. The summed E-state index contributed by atoms with van der Waals surface area (Å²) in [5.74, 6) is -0.0739. The predicted octanol–water partition coefficient (Wildman–Crippen LogP) is 2.88. The van der Waals surface area contributed by atoms with Crippen LogP contribution in [0.25, 0.3) is 0 Å². The first-order valence-corrected chi connectivity index (χ1v) is 5.43. The van der Waals surface area contributed by atoms with Gasteiger partial charge in [0.2, 0.25) is 0 Å². The molecule has 0 saturated heterocycles.